The zero-order valence-electron chi connectivity index (χ0n) is 20.6. The molecule has 10 N–H and O–H groups in total. The summed E-state index contributed by atoms with van der Waals surface area (Å²) in [6.45, 7) is 1.56. The van der Waals surface area contributed by atoms with Crippen LogP contribution in [0, 0.1) is 0 Å². The van der Waals surface area contributed by atoms with E-state index in [1.54, 1.807) is 36.0 Å². The summed E-state index contributed by atoms with van der Waals surface area (Å²) in [4.78, 5) is 53.8. The number of hydrogen-bond acceptors (Lipinski definition) is 7. The average molecular weight is 524 g/mol. The molecule has 0 aliphatic heterocycles. The lowest BCUT2D eigenvalue weighted by atomic mass is 10.0. The molecule has 36 heavy (non-hydrogen) atoms. The molecule has 0 spiro atoms. The van der Waals surface area contributed by atoms with Gasteiger partial charge in [0.05, 0.1) is 6.04 Å². The van der Waals surface area contributed by atoms with Crippen molar-refractivity contribution in [3.63, 3.8) is 0 Å². The lowest BCUT2D eigenvalue weighted by molar-refractivity contribution is -0.141. The van der Waals surface area contributed by atoms with Gasteiger partial charge >= 0.3 is 5.97 Å². The van der Waals surface area contributed by atoms with Crippen molar-refractivity contribution in [3.05, 3.63) is 35.9 Å². The highest BCUT2D eigenvalue weighted by molar-refractivity contribution is 7.98. The van der Waals surface area contributed by atoms with Crippen molar-refractivity contribution in [2.45, 2.75) is 56.8 Å². The molecule has 200 valence electrons. The van der Waals surface area contributed by atoms with Crippen molar-refractivity contribution in [3.8, 4) is 0 Å². The predicted octanol–water partition coefficient (Wildman–Crippen LogP) is -1.08. The van der Waals surface area contributed by atoms with Gasteiger partial charge in [0.2, 0.25) is 17.7 Å². The summed E-state index contributed by atoms with van der Waals surface area (Å²) in [7, 11) is 0. The van der Waals surface area contributed by atoms with Gasteiger partial charge in [-0.25, -0.2) is 0 Å². The molecule has 0 fully saturated rings. The molecule has 3 amide bonds. The third-order valence-corrected chi connectivity index (χ3v) is 5.84. The first-order valence-electron chi connectivity index (χ1n) is 11.5. The first-order valence-corrected chi connectivity index (χ1v) is 12.9. The van der Waals surface area contributed by atoms with Gasteiger partial charge in [0.1, 0.15) is 18.1 Å². The molecule has 0 unspecified atom stereocenters. The van der Waals surface area contributed by atoms with Crippen LogP contribution in [0.5, 0.6) is 0 Å². The van der Waals surface area contributed by atoms with Crippen molar-refractivity contribution < 1.29 is 24.3 Å². The third-order valence-electron chi connectivity index (χ3n) is 5.19. The van der Waals surface area contributed by atoms with E-state index in [1.165, 1.54) is 6.92 Å². The maximum Gasteiger partial charge on any atom is 0.325 e. The molecule has 0 bridgehead atoms. The number of amides is 3. The topological polar surface area (TPSA) is 215 Å². The van der Waals surface area contributed by atoms with Crippen LogP contribution in [-0.2, 0) is 25.6 Å². The van der Waals surface area contributed by atoms with E-state index in [0.29, 0.717) is 18.6 Å². The second-order valence-electron chi connectivity index (χ2n) is 8.22. The second-order valence-corrected chi connectivity index (χ2v) is 9.20. The molecule has 0 heterocycles. The smallest absolute Gasteiger partial charge is 0.325 e. The molecule has 0 radical (unpaired) electrons. The SMILES string of the molecule is CSCC[C@H](N)C(=O)N[C@H](CCCN=C(N)N)C(=O)N[C@@H](Cc1ccccc1)C(=O)N[C@H](C)C(=O)O. The molecule has 0 saturated carbocycles. The zero-order valence-corrected chi connectivity index (χ0v) is 21.4. The Hall–Kier alpha value is -3.32. The third kappa shape index (κ3) is 11.9. The Morgan fingerprint density at radius 3 is 2.17 bits per heavy atom. The number of carbonyl (C=O) groups is 4. The van der Waals surface area contributed by atoms with Crippen LogP contribution >= 0.6 is 11.8 Å². The van der Waals surface area contributed by atoms with Crippen LogP contribution in [0.25, 0.3) is 0 Å². The number of carboxylic acids is 1. The number of carboxylic acid groups (broad SMARTS) is 1. The van der Waals surface area contributed by atoms with Gasteiger partial charge in [-0.3, -0.25) is 24.2 Å². The number of aliphatic imine (C=N–C) groups is 1. The number of rotatable bonds is 16. The second kappa shape index (κ2) is 16.4. The lowest BCUT2D eigenvalue weighted by Crippen LogP contribution is -2.57. The van der Waals surface area contributed by atoms with Gasteiger partial charge in [-0.1, -0.05) is 30.3 Å². The minimum Gasteiger partial charge on any atom is -0.480 e. The first kappa shape index (κ1) is 30.7. The fourth-order valence-electron chi connectivity index (χ4n) is 3.13. The molecule has 0 saturated heterocycles. The normalized spacial score (nSPS) is 14.0. The van der Waals surface area contributed by atoms with Crippen molar-refractivity contribution >= 4 is 41.4 Å². The summed E-state index contributed by atoms with van der Waals surface area (Å²) in [5.74, 6) is -2.39. The van der Waals surface area contributed by atoms with Crippen LogP contribution in [0.4, 0.5) is 0 Å². The lowest BCUT2D eigenvalue weighted by Gasteiger charge is -2.25. The number of thioether (sulfide) groups is 1. The largest absolute Gasteiger partial charge is 0.480 e. The number of aliphatic carboxylic acids is 1. The zero-order chi connectivity index (χ0) is 27.1. The number of nitrogens with zero attached hydrogens (tertiary/aromatic N) is 1. The van der Waals surface area contributed by atoms with E-state index in [-0.39, 0.29) is 25.3 Å². The van der Waals surface area contributed by atoms with Crippen LogP contribution in [0.3, 0.4) is 0 Å². The molecule has 1 aromatic rings. The van der Waals surface area contributed by atoms with E-state index in [2.05, 4.69) is 20.9 Å². The van der Waals surface area contributed by atoms with Gasteiger partial charge in [0.25, 0.3) is 0 Å². The van der Waals surface area contributed by atoms with Gasteiger partial charge in [0.15, 0.2) is 5.96 Å². The Morgan fingerprint density at radius 2 is 1.58 bits per heavy atom. The summed E-state index contributed by atoms with van der Waals surface area (Å²) >= 11 is 1.55. The summed E-state index contributed by atoms with van der Waals surface area (Å²) < 4.78 is 0. The number of carbonyl (C=O) groups excluding carboxylic acids is 3. The molecule has 1 aromatic carbocycles. The fraction of sp³-hybridized carbons (Fsp3) is 0.522. The number of nitrogens with two attached hydrogens (primary N) is 3. The molecular weight excluding hydrogens is 486 g/mol. The highest BCUT2D eigenvalue weighted by Gasteiger charge is 2.29. The standard InChI is InChI=1S/C23H37N7O5S/c1-14(22(34)35)28-21(33)18(13-15-7-4-3-5-8-15)30-20(32)17(9-6-11-27-23(25)26)29-19(31)16(24)10-12-36-2/h3-5,7-8,14,16-18H,6,9-13,24H2,1-2H3,(H,28,33)(H,29,31)(H,30,32)(H,34,35)(H4,25,26,27)/t14-,16+,17-,18+/m1/s1. The maximum atomic E-state index is 13.2. The number of hydrogen-bond donors (Lipinski definition) is 7. The number of benzene rings is 1. The van der Waals surface area contributed by atoms with E-state index in [0.717, 1.165) is 5.56 Å². The Kier molecular flexibility index (Phi) is 14.0. The van der Waals surface area contributed by atoms with Crippen molar-refractivity contribution in [1.29, 1.82) is 0 Å². The maximum absolute atomic E-state index is 13.2. The average Bonchev–Trinajstić information content (AvgIpc) is 2.83. The highest BCUT2D eigenvalue weighted by atomic mass is 32.2. The first-order chi connectivity index (χ1) is 17.0. The molecule has 1 rings (SSSR count). The molecule has 0 aliphatic carbocycles. The van der Waals surface area contributed by atoms with E-state index < -0.39 is 47.9 Å². The summed E-state index contributed by atoms with van der Waals surface area (Å²) in [5.41, 5.74) is 17.4. The van der Waals surface area contributed by atoms with Crippen molar-refractivity contribution in [1.82, 2.24) is 16.0 Å². The number of guanidine groups is 1. The molecule has 4 atom stereocenters. The van der Waals surface area contributed by atoms with E-state index in [1.807, 2.05) is 12.3 Å². The van der Waals surface area contributed by atoms with Gasteiger partial charge in [-0.15, -0.1) is 0 Å². The van der Waals surface area contributed by atoms with Crippen molar-refractivity contribution in [2.75, 3.05) is 18.6 Å². The van der Waals surface area contributed by atoms with E-state index in [4.69, 9.17) is 22.3 Å². The fourth-order valence-corrected chi connectivity index (χ4v) is 3.62. The van der Waals surface area contributed by atoms with Gasteiger partial charge in [0, 0.05) is 13.0 Å². The molecule has 0 aromatic heterocycles. The Morgan fingerprint density at radius 1 is 0.972 bits per heavy atom. The Bertz CT molecular complexity index is 896. The highest BCUT2D eigenvalue weighted by Crippen LogP contribution is 2.07. The number of nitrogens with one attached hydrogen (secondary N) is 3. The summed E-state index contributed by atoms with van der Waals surface area (Å²) in [6.07, 6.45) is 3.01. The van der Waals surface area contributed by atoms with Gasteiger partial charge in [-0.2, -0.15) is 11.8 Å². The van der Waals surface area contributed by atoms with Crippen LogP contribution in [-0.4, -0.2) is 77.5 Å². The minimum atomic E-state index is -1.21. The molecule has 0 aliphatic rings. The van der Waals surface area contributed by atoms with Crippen LogP contribution in [0.15, 0.2) is 35.3 Å². The quantitative estimate of drug-likeness (QED) is 0.0795. The Balaban J connectivity index is 3.05. The summed E-state index contributed by atoms with van der Waals surface area (Å²) in [5, 5.41) is 16.9. The molecular formula is C23H37N7O5S. The molecule has 13 heteroatoms. The van der Waals surface area contributed by atoms with E-state index >= 15 is 0 Å². The minimum absolute atomic E-state index is 0.0914. The van der Waals surface area contributed by atoms with Crippen LogP contribution in [0.2, 0.25) is 0 Å². The Labute approximate surface area is 215 Å². The summed E-state index contributed by atoms with van der Waals surface area (Å²) in [6, 6.07) is 4.91. The van der Waals surface area contributed by atoms with Gasteiger partial charge in [-0.05, 0) is 43.8 Å². The van der Waals surface area contributed by atoms with E-state index in [9.17, 15) is 19.2 Å². The monoisotopic (exact) mass is 523 g/mol. The van der Waals surface area contributed by atoms with Crippen molar-refractivity contribution in [2.24, 2.45) is 22.2 Å². The van der Waals surface area contributed by atoms with Crippen LogP contribution in [0.1, 0.15) is 31.7 Å². The predicted molar refractivity (Wildman–Crippen MR) is 140 cm³/mol. The van der Waals surface area contributed by atoms with Crippen LogP contribution < -0.4 is 33.2 Å². The molecule has 12 nitrogen and oxygen atoms in total. The van der Waals surface area contributed by atoms with Gasteiger partial charge < -0.3 is 38.3 Å².